The molecule has 3 rings (SSSR count). The molecule has 1 aromatic heterocycles. The second-order valence-corrected chi connectivity index (χ2v) is 7.93. The Morgan fingerprint density at radius 2 is 2.11 bits per heavy atom. The molecule has 0 aliphatic carbocycles. The lowest BCUT2D eigenvalue weighted by molar-refractivity contribution is -0.130. The van der Waals surface area contributed by atoms with Crippen LogP contribution in [0, 0.1) is 0 Å². The van der Waals surface area contributed by atoms with Gasteiger partial charge in [0.1, 0.15) is 6.33 Å². The first-order valence-electron chi connectivity index (χ1n) is 9.15. The SMILES string of the molecule is CN(C)c1ccc(CN(C[C@H]2CCCO2)C(=O)CSc2nncn2C)cc1. The maximum Gasteiger partial charge on any atom is 0.233 e. The number of benzene rings is 1. The minimum absolute atomic E-state index is 0.0928. The number of nitrogens with zero attached hydrogens (tertiary/aromatic N) is 5. The van der Waals surface area contributed by atoms with Gasteiger partial charge in [-0.25, -0.2) is 0 Å². The van der Waals surface area contributed by atoms with E-state index < -0.39 is 0 Å². The Balaban J connectivity index is 1.65. The Morgan fingerprint density at radius 3 is 2.70 bits per heavy atom. The zero-order valence-electron chi connectivity index (χ0n) is 16.2. The summed E-state index contributed by atoms with van der Waals surface area (Å²) in [5.74, 6) is 0.435. The van der Waals surface area contributed by atoms with Crippen LogP contribution in [0.4, 0.5) is 5.69 Å². The Labute approximate surface area is 164 Å². The number of hydrogen-bond acceptors (Lipinski definition) is 6. The summed E-state index contributed by atoms with van der Waals surface area (Å²) in [5, 5.41) is 8.64. The Hall–Kier alpha value is -2.06. The van der Waals surface area contributed by atoms with Gasteiger partial charge in [0.25, 0.3) is 0 Å². The van der Waals surface area contributed by atoms with Crippen molar-refractivity contribution in [2.24, 2.45) is 7.05 Å². The van der Waals surface area contributed by atoms with E-state index in [4.69, 9.17) is 4.74 Å². The molecule has 0 radical (unpaired) electrons. The monoisotopic (exact) mass is 389 g/mol. The second-order valence-electron chi connectivity index (χ2n) is 6.98. The van der Waals surface area contributed by atoms with Crippen LogP contribution < -0.4 is 4.90 Å². The number of aryl methyl sites for hydroxylation is 1. The molecule has 2 aromatic rings. The van der Waals surface area contributed by atoms with Crippen molar-refractivity contribution in [3.05, 3.63) is 36.2 Å². The number of carbonyl (C=O) groups excluding carboxylic acids is 1. The van der Waals surface area contributed by atoms with E-state index in [0.717, 1.165) is 35.9 Å². The summed E-state index contributed by atoms with van der Waals surface area (Å²) in [6.07, 6.45) is 3.86. The summed E-state index contributed by atoms with van der Waals surface area (Å²) >= 11 is 1.42. The molecule has 1 amide bonds. The molecule has 1 atom stereocenters. The number of hydrogen-bond donors (Lipinski definition) is 0. The van der Waals surface area contributed by atoms with Crippen LogP contribution in [0.25, 0.3) is 0 Å². The minimum Gasteiger partial charge on any atom is -0.378 e. The van der Waals surface area contributed by atoms with Gasteiger partial charge in [-0.3, -0.25) is 4.79 Å². The molecule has 7 nitrogen and oxygen atoms in total. The third-order valence-corrected chi connectivity index (χ3v) is 5.64. The third kappa shape index (κ3) is 5.46. The average Bonchev–Trinajstić information content (AvgIpc) is 3.31. The summed E-state index contributed by atoms with van der Waals surface area (Å²) in [6, 6.07) is 8.33. The number of rotatable bonds is 8. The lowest BCUT2D eigenvalue weighted by Crippen LogP contribution is -2.38. The highest BCUT2D eigenvalue weighted by molar-refractivity contribution is 7.99. The van der Waals surface area contributed by atoms with E-state index in [9.17, 15) is 4.79 Å². The first-order chi connectivity index (χ1) is 13.0. The van der Waals surface area contributed by atoms with Gasteiger partial charge in [0.2, 0.25) is 5.91 Å². The molecule has 146 valence electrons. The lowest BCUT2D eigenvalue weighted by atomic mass is 10.1. The van der Waals surface area contributed by atoms with Gasteiger partial charge in [0.15, 0.2) is 5.16 Å². The Bertz CT molecular complexity index is 741. The topological polar surface area (TPSA) is 63.5 Å². The molecule has 1 saturated heterocycles. The van der Waals surface area contributed by atoms with E-state index in [0.29, 0.717) is 18.8 Å². The molecule has 8 heteroatoms. The van der Waals surface area contributed by atoms with Crippen molar-refractivity contribution in [3.8, 4) is 0 Å². The molecular weight excluding hydrogens is 362 g/mol. The number of thioether (sulfide) groups is 1. The fraction of sp³-hybridized carbons (Fsp3) is 0.526. The largest absolute Gasteiger partial charge is 0.378 e. The van der Waals surface area contributed by atoms with Crippen LogP contribution in [0.15, 0.2) is 35.7 Å². The quantitative estimate of drug-likeness (QED) is 0.645. The molecule has 0 saturated carbocycles. The lowest BCUT2D eigenvalue weighted by Gasteiger charge is -2.26. The van der Waals surface area contributed by atoms with Crippen LogP contribution in [0.5, 0.6) is 0 Å². The molecule has 1 aliphatic heterocycles. The van der Waals surface area contributed by atoms with Crippen molar-refractivity contribution < 1.29 is 9.53 Å². The van der Waals surface area contributed by atoms with Crippen molar-refractivity contribution in [3.63, 3.8) is 0 Å². The average molecular weight is 390 g/mol. The highest BCUT2D eigenvalue weighted by atomic mass is 32.2. The number of carbonyl (C=O) groups is 1. The summed E-state index contributed by atoms with van der Waals surface area (Å²) < 4.78 is 7.58. The van der Waals surface area contributed by atoms with Crippen LogP contribution in [0.1, 0.15) is 18.4 Å². The van der Waals surface area contributed by atoms with E-state index in [1.54, 1.807) is 6.33 Å². The molecule has 0 N–H and O–H groups in total. The van der Waals surface area contributed by atoms with E-state index >= 15 is 0 Å². The maximum atomic E-state index is 12.9. The van der Waals surface area contributed by atoms with E-state index in [-0.39, 0.29) is 12.0 Å². The van der Waals surface area contributed by atoms with Gasteiger partial charge in [0, 0.05) is 46.5 Å². The standard InChI is InChI=1S/C19H27N5O2S/c1-22(2)16-8-6-15(7-9-16)11-24(12-17-5-4-10-26-17)18(25)13-27-19-21-20-14-23(19)3/h6-9,14,17H,4-5,10-13H2,1-3H3/t17-/m1/s1. The molecule has 1 aliphatic rings. The fourth-order valence-corrected chi connectivity index (χ4v) is 3.82. The number of anilines is 1. The molecule has 0 spiro atoms. The molecule has 2 heterocycles. The van der Waals surface area contributed by atoms with Gasteiger partial charge in [-0.05, 0) is 30.5 Å². The normalized spacial score (nSPS) is 16.5. The molecule has 0 unspecified atom stereocenters. The van der Waals surface area contributed by atoms with E-state index in [2.05, 4.69) is 39.4 Å². The summed E-state index contributed by atoms with van der Waals surface area (Å²) in [5.41, 5.74) is 2.27. The summed E-state index contributed by atoms with van der Waals surface area (Å²) in [7, 11) is 5.92. The van der Waals surface area contributed by atoms with Crippen molar-refractivity contribution in [2.45, 2.75) is 30.6 Å². The second kappa shape index (κ2) is 9.23. The highest BCUT2D eigenvalue weighted by Crippen LogP contribution is 2.20. The first kappa shape index (κ1) is 19.7. The summed E-state index contributed by atoms with van der Waals surface area (Å²) in [4.78, 5) is 16.9. The maximum absolute atomic E-state index is 12.9. The first-order valence-corrected chi connectivity index (χ1v) is 10.1. The van der Waals surface area contributed by atoms with Crippen molar-refractivity contribution in [1.29, 1.82) is 0 Å². The number of amides is 1. The van der Waals surface area contributed by atoms with Gasteiger partial charge in [-0.2, -0.15) is 0 Å². The predicted octanol–water partition coefficient (Wildman–Crippen LogP) is 2.18. The van der Waals surface area contributed by atoms with Crippen LogP contribution in [0.2, 0.25) is 0 Å². The van der Waals surface area contributed by atoms with E-state index in [1.165, 1.54) is 11.8 Å². The molecule has 1 aromatic carbocycles. The number of ether oxygens (including phenoxy) is 1. The van der Waals surface area contributed by atoms with Crippen molar-refractivity contribution >= 4 is 23.4 Å². The van der Waals surface area contributed by atoms with Crippen LogP contribution >= 0.6 is 11.8 Å². The molecule has 0 bridgehead atoms. The van der Waals surface area contributed by atoms with Crippen molar-refractivity contribution in [2.75, 3.05) is 37.9 Å². The van der Waals surface area contributed by atoms with Gasteiger partial charge < -0.3 is 19.1 Å². The minimum atomic E-state index is 0.0928. The number of aromatic nitrogens is 3. The van der Waals surface area contributed by atoms with Gasteiger partial charge in [-0.1, -0.05) is 23.9 Å². The van der Waals surface area contributed by atoms with E-state index in [1.807, 2.05) is 30.6 Å². The smallest absolute Gasteiger partial charge is 0.233 e. The highest BCUT2D eigenvalue weighted by Gasteiger charge is 2.23. The van der Waals surface area contributed by atoms with Crippen molar-refractivity contribution in [1.82, 2.24) is 19.7 Å². The van der Waals surface area contributed by atoms with Crippen LogP contribution in [-0.4, -0.2) is 64.7 Å². The van der Waals surface area contributed by atoms with Gasteiger partial charge in [-0.15, -0.1) is 10.2 Å². The fourth-order valence-electron chi connectivity index (χ4n) is 3.03. The van der Waals surface area contributed by atoms with Gasteiger partial charge in [0.05, 0.1) is 11.9 Å². The Morgan fingerprint density at radius 1 is 1.33 bits per heavy atom. The van der Waals surface area contributed by atoms with Crippen LogP contribution in [0.3, 0.4) is 0 Å². The zero-order chi connectivity index (χ0) is 19.2. The zero-order valence-corrected chi connectivity index (χ0v) is 17.0. The molecule has 1 fully saturated rings. The van der Waals surface area contributed by atoms with Crippen LogP contribution in [-0.2, 0) is 23.1 Å². The predicted molar refractivity (Wildman–Crippen MR) is 107 cm³/mol. The molecule has 27 heavy (non-hydrogen) atoms. The molecular formula is C19H27N5O2S. The Kier molecular flexibility index (Phi) is 6.73. The summed E-state index contributed by atoms with van der Waals surface area (Å²) in [6.45, 7) is 2.01. The van der Waals surface area contributed by atoms with Gasteiger partial charge >= 0.3 is 0 Å². The third-order valence-electron chi connectivity index (χ3n) is 4.62.